The molecule has 8 nitrogen and oxygen atoms in total. The number of hydrogen-bond donors (Lipinski definition) is 2. The third kappa shape index (κ3) is 68.1. The largest absolute Gasteiger partial charge is 0.756 e. The summed E-state index contributed by atoms with van der Waals surface area (Å²) in [5.41, 5.74) is 0. The molecule has 0 radical (unpaired) electrons. The van der Waals surface area contributed by atoms with E-state index in [1.54, 1.807) is 6.08 Å². The van der Waals surface area contributed by atoms with Crippen molar-refractivity contribution in [2.24, 2.45) is 0 Å². The molecule has 0 aromatic carbocycles. The summed E-state index contributed by atoms with van der Waals surface area (Å²) >= 11 is 0. The number of likely N-dealkylation sites (N-methyl/N-ethyl adjacent to an activating group) is 1. The Labute approximate surface area is 518 Å². The van der Waals surface area contributed by atoms with Gasteiger partial charge in [-0.2, -0.15) is 0 Å². The molecule has 0 aromatic rings. The molecule has 0 aromatic heterocycles. The first-order chi connectivity index (χ1) is 40.5. The second-order valence-corrected chi connectivity index (χ2v) is 28.1. The van der Waals surface area contributed by atoms with Crippen LogP contribution in [0.25, 0.3) is 0 Å². The van der Waals surface area contributed by atoms with Gasteiger partial charge in [-0.15, -0.1) is 0 Å². The zero-order valence-corrected chi connectivity index (χ0v) is 57.3. The molecule has 0 aliphatic heterocycles. The van der Waals surface area contributed by atoms with E-state index in [9.17, 15) is 19.4 Å². The van der Waals surface area contributed by atoms with Crippen molar-refractivity contribution in [2.75, 3.05) is 40.9 Å². The van der Waals surface area contributed by atoms with Gasteiger partial charge in [-0.25, -0.2) is 0 Å². The molecule has 9 heteroatoms. The Balaban J connectivity index is 4.01. The molecular weight excluding hydrogens is 1040 g/mol. The van der Waals surface area contributed by atoms with Crippen molar-refractivity contribution in [3.8, 4) is 0 Å². The molecule has 2 N–H and O–H groups in total. The number of quaternary nitrogens is 1. The minimum atomic E-state index is -4.61. The minimum Gasteiger partial charge on any atom is -0.756 e. The number of unbranched alkanes of at least 4 members (excludes halogenated alkanes) is 52. The van der Waals surface area contributed by atoms with Gasteiger partial charge in [0.15, 0.2) is 0 Å². The van der Waals surface area contributed by atoms with Crippen LogP contribution >= 0.6 is 7.82 Å². The van der Waals surface area contributed by atoms with E-state index in [4.69, 9.17) is 9.05 Å². The zero-order valence-electron chi connectivity index (χ0n) is 56.4. The van der Waals surface area contributed by atoms with Gasteiger partial charge in [-0.05, 0) is 57.8 Å². The predicted octanol–water partition coefficient (Wildman–Crippen LogP) is 23.0. The molecule has 0 rings (SSSR count). The third-order valence-electron chi connectivity index (χ3n) is 17.1. The standard InChI is InChI=1S/C74H145N2O6P/c1-6-8-10-12-14-16-18-20-22-24-26-28-30-32-34-35-36-37-38-39-40-41-42-44-46-48-50-52-54-56-58-60-62-64-66-68-74(78)75-72(71-82-83(79,80)81-70-69-76(3,4)5)73(77)67-65-63-61-59-57-55-53-51-49-47-45-43-33-31-29-27-25-23-21-19-17-15-13-11-9-7-2/h24,26,57,59,65,67,72-73,77H,6-23,25,27-56,58,60-64,66,68-71H2,1-5H3,(H-,75,78,79,80)/b26-24-,59-57+,67-65+. The Bertz CT molecular complexity index is 1450. The lowest BCUT2D eigenvalue weighted by Gasteiger charge is -2.29. The van der Waals surface area contributed by atoms with E-state index in [1.807, 2.05) is 27.2 Å². The summed E-state index contributed by atoms with van der Waals surface area (Å²) in [7, 11) is 1.26. The quantitative estimate of drug-likeness (QED) is 0.0272. The molecule has 3 unspecified atom stereocenters. The second-order valence-electron chi connectivity index (χ2n) is 26.6. The summed E-state index contributed by atoms with van der Waals surface area (Å²) < 4.78 is 23.5. The average Bonchev–Trinajstić information content (AvgIpc) is 3.49. The van der Waals surface area contributed by atoms with Gasteiger partial charge < -0.3 is 28.8 Å². The molecule has 0 spiro atoms. The summed E-state index contributed by atoms with van der Waals surface area (Å²) in [4.78, 5) is 25.6. The first kappa shape index (κ1) is 81.7. The minimum absolute atomic E-state index is 0.00420. The van der Waals surface area contributed by atoms with E-state index < -0.39 is 20.0 Å². The fraction of sp³-hybridized carbons (Fsp3) is 0.905. The zero-order chi connectivity index (χ0) is 60.5. The topological polar surface area (TPSA) is 108 Å². The monoisotopic (exact) mass is 1190 g/mol. The Morgan fingerprint density at radius 1 is 0.410 bits per heavy atom. The van der Waals surface area contributed by atoms with Crippen LogP contribution in [0.15, 0.2) is 36.5 Å². The van der Waals surface area contributed by atoms with Crippen LogP contribution < -0.4 is 10.2 Å². The fourth-order valence-corrected chi connectivity index (χ4v) is 12.1. The Hall–Kier alpha value is -1.28. The Kier molecular flexibility index (Phi) is 64.2. The van der Waals surface area contributed by atoms with E-state index >= 15 is 0 Å². The summed E-state index contributed by atoms with van der Waals surface area (Å²) in [6.07, 6.45) is 87.2. The highest BCUT2D eigenvalue weighted by atomic mass is 31.2. The van der Waals surface area contributed by atoms with Gasteiger partial charge in [0.25, 0.3) is 7.82 Å². The van der Waals surface area contributed by atoms with Crippen LogP contribution in [0.2, 0.25) is 0 Å². The molecule has 0 heterocycles. The maximum absolute atomic E-state index is 13.0. The molecular formula is C74H145N2O6P. The SMILES string of the molecule is CCCCCCCCCC/C=C\CCCCCCCCCCCCCCCCCCCCCCCCCC(=O)NC(COP(=O)([O-])OCC[N+](C)(C)C)C(O)/C=C/CC/C=C/CCCCCCCCCCCCCCCCCCCCCC. The lowest BCUT2D eigenvalue weighted by Crippen LogP contribution is -2.45. The van der Waals surface area contributed by atoms with Gasteiger partial charge in [0, 0.05) is 6.42 Å². The number of hydrogen-bond acceptors (Lipinski definition) is 6. The van der Waals surface area contributed by atoms with Gasteiger partial charge in [0.05, 0.1) is 39.9 Å². The summed E-state index contributed by atoms with van der Waals surface area (Å²) in [5, 5.41) is 14.0. The Morgan fingerprint density at radius 2 is 0.675 bits per heavy atom. The highest BCUT2D eigenvalue weighted by Crippen LogP contribution is 2.38. The summed E-state index contributed by atoms with van der Waals surface area (Å²) in [5.74, 6) is -0.199. The van der Waals surface area contributed by atoms with Crippen LogP contribution in [-0.2, 0) is 18.4 Å². The number of phosphoric ester groups is 1. The van der Waals surface area contributed by atoms with Crippen LogP contribution in [0.3, 0.4) is 0 Å². The molecule has 0 saturated heterocycles. The van der Waals surface area contributed by atoms with Crippen LogP contribution in [0.1, 0.15) is 380 Å². The van der Waals surface area contributed by atoms with E-state index in [1.165, 1.54) is 321 Å². The molecule has 3 atom stereocenters. The maximum atomic E-state index is 13.0. The number of nitrogens with zero attached hydrogens (tertiary/aromatic N) is 1. The van der Waals surface area contributed by atoms with E-state index in [0.29, 0.717) is 17.4 Å². The maximum Gasteiger partial charge on any atom is 0.268 e. The van der Waals surface area contributed by atoms with Crippen molar-refractivity contribution in [3.05, 3.63) is 36.5 Å². The number of carbonyl (C=O) groups is 1. The van der Waals surface area contributed by atoms with E-state index in [-0.39, 0.29) is 19.1 Å². The van der Waals surface area contributed by atoms with Gasteiger partial charge >= 0.3 is 0 Å². The van der Waals surface area contributed by atoms with Gasteiger partial charge in [-0.1, -0.05) is 352 Å². The van der Waals surface area contributed by atoms with Crippen molar-refractivity contribution in [1.82, 2.24) is 5.32 Å². The molecule has 0 saturated carbocycles. The second kappa shape index (κ2) is 65.2. The molecule has 83 heavy (non-hydrogen) atoms. The van der Waals surface area contributed by atoms with Crippen molar-refractivity contribution < 1.29 is 32.9 Å². The molecule has 492 valence electrons. The molecule has 0 bridgehead atoms. The first-order valence-corrected chi connectivity index (χ1v) is 38.3. The number of phosphoric acid groups is 1. The number of nitrogens with one attached hydrogen (secondary N) is 1. The number of rotatable bonds is 69. The summed E-state index contributed by atoms with van der Waals surface area (Å²) in [6.45, 7) is 4.69. The lowest BCUT2D eigenvalue weighted by atomic mass is 10.0. The van der Waals surface area contributed by atoms with Crippen LogP contribution in [0.5, 0.6) is 0 Å². The smallest absolute Gasteiger partial charge is 0.268 e. The third-order valence-corrected chi connectivity index (χ3v) is 18.0. The summed E-state index contributed by atoms with van der Waals surface area (Å²) in [6, 6.07) is -0.903. The first-order valence-electron chi connectivity index (χ1n) is 36.9. The number of allylic oxidation sites excluding steroid dienone is 5. The molecule has 0 aliphatic rings. The van der Waals surface area contributed by atoms with Crippen molar-refractivity contribution in [1.29, 1.82) is 0 Å². The molecule has 0 fully saturated rings. The predicted molar refractivity (Wildman–Crippen MR) is 362 cm³/mol. The number of carbonyl (C=O) groups excluding carboxylic acids is 1. The van der Waals surface area contributed by atoms with Crippen molar-refractivity contribution >= 4 is 13.7 Å². The number of aliphatic hydroxyl groups excluding tert-OH is 1. The van der Waals surface area contributed by atoms with E-state index in [2.05, 4.69) is 43.5 Å². The van der Waals surface area contributed by atoms with Crippen LogP contribution in [0.4, 0.5) is 0 Å². The number of aliphatic hydroxyl groups is 1. The molecule has 0 aliphatic carbocycles. The van der Waals surface area contributed by atoms with Crippen LogP contribution in [-0.4, -0.2) is 68.5 Å². The van der Waals surface area contributed by atoms with Crippen molar-refractivity contribution in [2.45, 2.75) is 392 Å². The number of amides is 1. The highest BCUT2D eigenvalue weighted by molar-refractivity contribution is 7.45. The van der Waals surface area contributed by atoms with Crippen molar-refractivity contribution in [3.63, 3.8) is 0 Å². The highest BCUT2D eigenvalue weighted by Gasteiger charge is 2.23. The van der Waals surface area contributed by atoms with E-state index in [0.717, 1.165) is 38.5 Å². The normalized spacial score (nSPS) is 13.8. The van der Waals surface area contributed by atoms with Gasteiger partial charge in [0.2, 0.25) is 5.91 Å². The fourth-order valence-electron chi connectivity index (χ4n) is 11.3. The lowest BCUT2D eigenvalue weighted by molar-refractivity contribution is -0.870. The molecule has 1 amide bonds. The average molecular weight is 1190 g/mol. The van der Waals surface area contributed by atoms with Gasteiger partial charge in [-0.3, -0.25) is 9.36 Å². The van der Waals surface area contributed by atoms with Gasteiger partial charge in [0.1, 0.15) is 13.2 Å². The Morgan fingerprint density at radius 3 is 0.976 bits per heavy atom. The van der Waals surface area contributed by atoms with Crippen LogP contribution in [0, 0.1) is 0 Å².